The normalized spacial score (nSPS) is 20.6. The highest BCUT2D eigenvalue weighted by Crippen LogP contribution is 2.37. The maximum Gasteiger partial charge on any atom is 0.357 e. The van der Waals surface area contributed by atoms with Gasteiger partial charge < -0.3 is 25.7 Å². The summed E-state index contributed by atoms with van der Waals surface area (Å²) in [5.41, 5.74) is 4.95. The lowest BCUT2D eigenvalue weighted by Gasteiger charge is -2.48. The number of nitrogens with two attached hydrogens (primary N) is 1. The number of nitrogens with zero attached hydrogens (tertiary/aromatic N) is 3. The van der Waals surface area contributed by atoms with Gasteiger partial charge in [-0.3, -0.25) is 14.5 Å². The van der Waals surface area contributed by atoms with Gasteiger partial charge in [0, 0.05) is 16.5 Å². The largest absolute Gasteiger partial charge is 0.450 e. The molecule has 1 aromatic rings. The van der Waals surface area contributed by atoms with Crippen molar-refractivity contribution in [1.82, 2.24) is 15.2 Å². The number of hydrogen-bond donors (Lipinski definition) is 3. The van der Waals surface area contributed by atoms with Crippen LogP contribution in [0.5, 0.6) is 0 Å². The molecule has 172 valence electrons. The topological polar surface area (TPSA) is 156 Å². The Balaban J connectivity index is 1.60. The van der Waals surface area contributed by atoms with Crippen LogP contribution < -0.4 is 11.1 Å². The van der Waals surface area contributed by atoms with Crippen LogP contribution in [0.1, 0.15) is 26.5 Å². The quantitative estimate of drug-likeness (QED) is 0.0984. The van der Waals surface area contributed by atoms with Gasteiger partial charge in [0.1, 0.15) is 22.8 Å². The Morgan fingerprint density at radius 3 is 2.75 bits per heavy atom. The van der Waals surface area contributed by atoms with Crippen molar-refractivity contribution in [2.24, 2.45) is 10.6 Å². The zero-order valence-electron chi connectivity index (χ0n) is 17.4. The molecule has 11 nitrogen and oxygen atoms in total. The summed E-state index contributed by atoms with van der Waals surface area (Å²) in [7, 11) is 0. The minimum Gasteiger partial charge on any atom is -0.450 e. The molecule has 0 radical (unpaired) electrons. The second-order valence-corrected chi connectivity index (χ2v) is 10.1. The first-order chi connectivity index (χ1) is 15.0. The maximum absolute atomic E-state index is 12.7. The van der Waals surface area contributed by atoms with E-state index in [1.807, 2.05) is 20.8 Å². The second-order valence-electron chi connectivity index (χ2n) is 7.72. The van der Waals surface area contributed by atoms with Gasteiger partial charge in [-0.05, 0) is 18.3 Å². The van der Waals surface area contributed by atoms with Crippen molar-refractivity contribution >= 4 is 69.0 Å². The molecule has 1 unspecified atom stereocenters. The van der Waals surface area contributed by atoms with Crippen LogP contribution >= 0.6 is 35.3 Å². The summed E-state index contributed by atoms with van der Waals surface area (Å²) >= 11 is 7.55. The molecule has 14 heteroatoms. The molecule has 1 saturated heterocycles. The third-order valence-corrected chi connectivity index (χ3v) is 7.00. The van der Waals surface area contributed by atoms with E-state index in [0.717, 1.165) is 11.3 Å². The predicted octanol–water partition coefficient (Wildman–Crippen LogP) is 1.08. The van der Waals surface area contributed by atoms with Gasteiger partial charge in [0.2, 0.25) is 6.79 Å². The van der Waals surface area contributed by atoms with Gasteiger partial charge in [-0.2, -0.15) is 0 Å². The number of β-lactam (4-membered cyclic amide) rings is 1. The fourth-order valence-electron chi connectivity index (χ4n) is 2.78. The van der Waals surface area contributed by atoms with E-state index in [9.17, 15) is 19.6 Å². The van der Waals surface area contributed by atoms with Gasteiger partial charge in [0.15, 0.2) is 15.9 Å². The molecule has 2 atom stereocenters. The Morgan fingerprint density at radius 1 is 1.44 bits per heavy atom. The van der Waals surface area contributed by atoms with Gasteiger partial charge in [-0.25, -0.2) is 9.78 Å². The van der Waals surface area contributed by atoms with Gasteiger partial charge in [0.25, 0.3) is 11.8 Å². The van der Waals surface area contributed by atoms with Crippen molar-refractivity contribution in [3.8, 4) is 0 Å². The Bertz CT molecular complexity index is 1010. The number of rotatable bonds is 6. The number of anilines is 1. The minimum absolute atomic E-state index is 0.0675. The van der Waals surface area contributed by atoms with Crippen molar-refractivity contribution in [2.75, 3.05) is 18.3 Å². The Labute approximate surface area is 197 Å². The third kappa shape index (κ3) is 4.86. The lowest BCUT2D eigenvalue weighted by Crippen LogP contribution is -2.70. The van der Waals surface area contributed by atoms with Crippen molar-refractivity contribution in [2.45, 2.75) is 32.2 Å². The predicted molar refractivity (Wildman–Crippen MR) is 122 cm³/mol. The highest BCUT2D eigenvalue weighted by molar-refractivity contribution is 8.00. The number of ether oxygens (including phenoxy) is 2. The van der Waals surface area contributed by atoms with Crippen molar-refractivity contribution in [3.63, 3.8) is 0 Å². The SMILES string of the molecule is CC(C)(C)C(=S)OCOC(=O)C1=CCS[C@@H]2C(NC(=O)C(=NO)c3csc(N)n3)C(=O)N12. The average molecular weight is 500 g/mol. The van der Waals surface area contributed by atoms with Crippen molar-refractivity contribution in [1.29, 1.82) is 0 Å². The Hall–Kier alpha value is -2.71. The molecule has 2 aliphatic heterocycles. The van der Waals surface area contributed by atoms with Crippen LogP contribution in [0, 0.1) is 5.41 Å². The summed E-state index contributed by atoms with van der Waals surface area (Å²) in [5.74, 6) is -1.60. The lowest BCUT2D eigenvalue weighted by atomic mass is 9.98. The summed E-state index contributed by atoms with van der Waals surface area (Å²) in [6, 6.07) is -0.915. The van der Waals surface area contributed by atoms with E-state index in [2.05, 4.69) is 15.5 Å². The summed E-state index contributed by atoms with van der Waals surface area (Å²) < 4.78 is 10.4. The van der Waals surface area contributed by atoms with Crippen LogP contribution in [0.2, 0.25) is 0 Å². The number of thioether (sulfide) groups is 1. The summed E-state index contributed by atoms with van der Waals surface area (Å²) in [5, 5.41) is 16.1. The molecule has 0 spiro atoms. The number of nitrogen functional groups attached to an aromatic ring is 1. The van der Waals surface area contributed by atoms with Gasteiger partial charge in [0.05, 0.1) is 0 Å². The number of esters is 1. The highest BCUT2D eigenvalue weighted by Gasteiger charge is 2.53. The van der Waals surface area contributed by atoms with Crippen LogP contribution in [-0.4, -0.2) is 67.6 Å². The zero-order chi connectivity index (χ0) is 23.6. The number of amides is 2. The average Bonchev–Trinajstić information content (AvgIpc) is 3.16. The molecule has 2 amide bonds. The second kappa shape index (κ2) is 9.42. The molecule has 1 fully saturated rings. The molecule has 32 heavy (non-hydrogen) atoms. The number of thiazole rings is 1. The van der Waals surface area contributed by atoms with Crippen LogP contribution in [0.4, 0.5) is 5.13 Å². The molecule has 0 aromatic carbocycles. The number of hydrogen-bond acceptors (Lipinski definition) is 12. The number of oxime groups is 1. The number of nitrogens with one attached hydrogen (secondary N) is 1. The lowest BCUT2D eigenvalue weighted by molar-refractivity contribution is -0.156. The molecule has 1 aromatic heterocycles. The highest BCUT2D eigenvalue weighted by atomic mass is 32.2. The molecule has 3 heterocycles. The molecule has 3 rings (SSSR count). The maximum atomic E-state index is 12.7. The van der Waals surface area contributed by atoms with Gasteiger partial charge in [-0.1, -0.05) is 25.9 Å². The third-order valence-electron chi connectivity index (χ3n) is 4.41. The van der Waals surface area contributed by atoms with E-state index >= 15 is 0 Å². The molecule has 0 bridgehead atoms. The summed E-state index contributed by atoms with van der Waals surface area (Å²) in [4.78, 5) is 42.8. The molecule has 2 aliphatic rings. The number of carbonyl (C=O) groups excluding carboxylic acids is 3. The monoisotopic (exact) mass is 499 g/mol. The molecule has 0 saturated carbocycles. The number of aromatic nitrogens is 1. The molecular weight excluding hydrogens is 478 g/mol. The first kappa shape index (κ1) is 23.9. The summed E-state index contributed by atoms with van der Waals surface area (Å²) in [6.07, 6.45) is 1.57. The molecular formula is C18H21N5O6S3. The zero-order valence-corrected chi connectivity index (χ0v) is 19.8. The Kier molecular flexibility index (Phi) is 7.05. The first-order valence-electron chi connectivity index (χ1n) is 9.28. The van der Waals surface area contributed by atoms with E-state index in [1.54, 1.807) is 6.08 Å². The van der Waals surface area contributed by atoms with Crippen LogP contribution in [-0.2, 0) is 23.9 Å². The van der Waals surface area contributed by atoms with E-state index in [1.165, 1.54) is 22.0 Å². The molecule has 4 N–H and O–H groups in total. The standard InChI is InChI=1S/C18H21N5O6S3/c1-18(2,3)16(30)29-7-28-15(26)9-4-5-31-14-11(13(25)23(9)14)21-12(24)10(22-27)8-6-32-17(19)20-8/h4,6,11,14,27H,5,7H2,1-3H3,(H2,19,20)(H,21,24)/t11?,14-/m1/s1. The van der Waals surface area contributed by atoms with Gasteiger partial charge >= 0.3 is 5.97 Å². The Morgan fingerprint density at radius 2 is 2.16 bits per heavy atom. The van der Waals surface area contributed by atoms with Crippen LogP contribution in [0.3, 0.4) is 0 Å². The number of fused-ring (bicyclic) bond motifs is 1. The van der Waals surface area contributed by atoms with E-state index in [-0.39, 0.29) is 34.4 Å². The van der Waals surface area contributed by atoms with Crippen LogP contribution in [0.15, 0.2) is 22.3 Å². The van der Waals surface area contributed by atoms with E-state index in [0.29, 0.717) is 10.8 Å². The first-order valence-corrected chi connectivity index (χ1v) is 11.6. The smallest absolute Gasteiger partial charge is 0.357 e. The number of carbonyl (C=O) groups is 3. The van der Waals surface area contributed by atoms with E-state index < -0.39 is 29.2 Å². The fourth-order valence-corrected chi connectivity index (χ4v) is 4.57. The number of thiocarbonyl (C=S) groups is 1. The van der Waals surface area contributed by atoms with Gasteiger partial charge in [-0.15, -0.1) is 23.1 Å². The van der Waals surface area contributed by atoms with Crippen LogP contribution in [0.25, 0.3) is 0 Å². The molecule has 0 aliphatic carbocycles. The summed E-state index contributed by atoms with van der Waals surface area (Å²) in [6.45, 7) is 5.23. The van der Waals surface area contributed by atoms with E-state index in [4.69, 9.17) is 27.4 Å². The minimum atomic E-state index is -0.915. The fraction of sp³-hybridized carbons (Fsp3) is 0.444. The van der Waals surface area contributed by atoms with Crippen molar-refractivity contribution in [3.05, 3.63) is 22.8 Å². The van der Waals surface area contributed by atoms with Crippen molar-refractivity contribution < 1.29 is 29.1 Å².